The number of hydrogen-bond donors (Lipinski definition) is 2. The second-order valence-corrected chi connectivity index (χ2v) is 4.11. The lowest BCUT2D eigenvalue weighted by atomic mass is 9.81. The van der Waals surface area contributed by atoms with Crippen molar-refractivity contribution in [2.75, 3.05) is 6.54 Å². The molecule has 2 unspecified atom stereocenters. The fraction of sp³-hybridized carbons (Fsp3) is 0.333. The highest BCUT2D eigenvalue weighted by molar-refractivity contribution is 5.82. The maximum atomic E-state index is 12.8. The fourth-order valence-corrected chi connectivity index (χ4v) is 2.10. The standard InChI is InChI=1S/C12H12FNO3/c13-8-3-1-7(2-4-8)9-5-11(15)14-6-10(9)12(16)17/h1-4,9-10H,5-6H2,(H,14,15)(H,16,17). The minimum Gasteiger partial charge on any atom is -0.481 e. The van der Waals surface area contributed by atoms with Gasteiger partial charge in [0.25, 0.3) is 0 Å². The van der Waals surface area contributed by atoms with Gasteiger partial charge in [-0.15, -0.1) is 0 Å². The second kappa shape index (κ2) is 4.53. The Labute approximate surface area is 97.4 Å². The number of rotatable bonds is 2. The first-order valence-corrected chi connectivity index (χ1v) is 5.33. The number of hydrogen-bond acceptors (Lipinski definition) is 2. The Bertz CT molecular complexity index is 444. The summed E-state index contributed by atoms with van der Waals surface area (Å²) in [5, 5.41) is 11.6. The van der Waals surface area contributed by atoms with Gasteiger partial charge in [0.05, 0.1) is 5.92 Å². The van der Waals surface area contributed by atoms with E-state index in [0.29, 0.717) is 5.56 Å². The van der Waals surface area contributed by atoms with Crippen molar-refractivity contribution in [2.45, 2.75) is 12.3 Å². The lowest BCUT2D eigenvalue weighted by Gasteiger charge is -2.28. The van der Waals surface area contributed by atoms with E-state index in [0.717, 1.165) is 0 Å². The molecule has 4 nitrogen and oxygen atoms in total. The molecule has 1 heterocycles. The highest BCUT2D eigenvalue weighted by Gasteiger charge is 2.35. The zero-order chi connectivity index (χ0) is 12.4. The number of piperidine rings is 1. The summed E-state index contributed by atoms with van der Waals surface area (Å²) in [6.07, 6.45) is 0.128. The molecular weight excluding hydrogens is 225 g/mol. The van der Waals surface area contributed by atoms with Crippen molar-refractivity contribution in [2.24, 2.45) is 5.92 Å². The monoisotopic (exact) mass is 237 g/mol. The van der Waals surface area contributed by atoms with Crippen LogP contribution in [0.5, 0.6) is 0 Å². The molecule has 2 atom stereocenters. The van der Waals surface area contributed by atoms with Crippen LogP contribution in [0.1, 0.15) is 17.9 Å². The number of carbonyl (C=O) groups is 2. The van der Waals surface area contributed by atoms with Crippen LogP contribution in [-0.4, -0.2) is 23.5 Å². The topological polar surface area (TPSA) is 66.4 Å². The molecule has 1 aliphatic heterocycles. The van der Waals surface area contributed by atoms with Crippen molar-refractivity contribution in [3.63, 3.8) is 0 Å². The molecule has 1 fully saturated rings. The zero-order valence-electron chi connectivity index (χ0n) is 9.02. The van der Waals surface area contributed by atoms with Crippen LogP contribution in [0, 0.1) is 11.7 Å². The third kappa shape index (κ3) is 2.43. The van der Waals surface area contributed by atoms with Gasteiger partial charge in [0, 0.05) is 18.9 Å². The molecule has 17 heavy (non-hydrogen) atoms. The number of carbonyl (C=O) groups excluding carboxylic acids is 1. The van der Waals surface area contributed by atoms with Crippen LogP contribution in [0.25, 0.3) is 0 Å². The molecule has 5 heteroatoms. The number of aliphatic carboxylic acids is 1. The van der Waals surface area contributed by atoms with Crippen LogP contribution in [-0.2, 0) is 9.59 Å². The van der Waals surface area contributed by atoms with Crippen molar-refractivity contribution >= 4 is 11.9 Å². The number of benzene rings is 1. The van der Waals surface area contributed by atoms with E-state index in [9.17, 15) is 14.0 Å². The Balaban J connectivity index is 2.28. The molecule has 0 saturated carbocycles. The number of halogens is 1. The Kier molecular flexibility index (Phi) is 3.08. The summed E-state index contributed by atoms with van der Waals surface area (Å²) < 4.78 is 12.8. The van der Waals surface area contributed by atoms with Crippen LogP contribution in [0.4, 0.5) is 4.39 Å². The summed E-state index contributed by atoms with van der Waals surface area (Å²) in [5.41, 5.74) is 0.689. The van der Waals surface area contributed by atoms with E-state index >= 15 is 0 Å². The highest BCUT2D eigenvalue weighted by Crippen LogP contribution is 2.30. The van der Waals surface area contributed by atoms with E-state index in [4.69, 9.17) is 5.11 Å². The summed E-state index contributed by atoms with van der Waals surface area (Å²) in [5.74, 6) is -2.53. The average molecular weight is 237 g/mol. The highest BCUT2D eigenvalue weighted by atomic mass is 19.1. The largest absolute Gasteiger partial charge is 0.481 e. The van der Waals surface area contributed by atoms with Gasteiger partial charge in [-0.25, -0.2) is 4.39 Å². The van der Waals surface area contributed by atoms with Gasteiger partial charge in [-0.1, -0.05) is 12.1 Å². The van der Waals surface area contributed by atoms with Crippen molar-refractivity contribution in [3.05, 3.63) is 35.6 Å². The molecule has 0 radical (unpaired) electrons. The number of carboxylic acid groups (broad SMARTS) is 1. The molecule has 2 rings (SSSR count). The lowest BCUT2D eigenvalue weighted by Crippen LogP contribution is -2.43. The Morgan fingerprint density at radius 1 is 1.35 bits per heavy atom. The predicted octanol–water partition coefficient (Wildman–Crippen LogP) is 1.13. The quantitative estimate of drug-likeness (QED) is 0.810. The Morgan fingerprint density at radius 2 is 2.00 bits per heavy atom. The van der Waals surface area contributed by atoms with E-state index in [-0.39, 0.29) is 30.6 Å². The van der Waals surface area contributed by atoms with Crippen molar-refractivity contribution < 1.29 is 19.1 Å². The van der Waals surface area contributed by atoms with Crippen LogP contribution in [0.2, 0.25) is 0 Å². The molecule has 0 spiro atoms. The van der Waals surface area contributed by atoms with Crippen molar-refractivity contribution in [3.8, 4) is 0 Å². The van der Waals surface area contributed by atoms with E-state index in [1.165, 1.54) is 24.3 Å². The fourth-order valence-electron chi connectivity index (χ4n) is 2.10. The van der Waals surface area contributed by atoms with Gasteiger partial charge in [-0.3, -0.25) is 9.59 Å². The molecule has 1 saturated heterocycles. The molecule has 1 amide bonds. The van der Waals surface area contributed by atoms with Gasteiger partial charge in [0.15, 0.2) is 0 Å². The maximum absolute atomic E-state index is 12.8. The summed E-state index contributed by atoms with van der Waals surface area (Å²) in [4.78, 5) is 22.4. The summed E-state index contributed by atoms with van der Waals surface area (Å²) >= 11 is 0. The number of nitrogens with one attached hydrogen (secondary N) is 1. The minimum atomic E-state index is -0.945. The van der Waals surface area contributed by atoms with Gasteiger partial charge < -0.3 is 10.4 Å². The smallest absolute Gasteiger partial charge is 0.308 e. The zero-order valence-corrected chi connectivity index (χ0v) is 9.02. The molecule has 0 aliphatic carbocycles. The van der Waals surface area contributed by atoms with Gasteiger partial charge in [-0.05, 0) is 17.7 Å². The third-order valence-corrected chi connectivity index (χ3v) is 3.03. The van der Waals surface area contributed by atoms with Crippen LogP contribution < -0.4 is 5.32 Å². The van der Waals surface area contributed by atoms with E-state index in [1.54, 1.807) is 0 Å². The first kappa shape index (κ1) is 11.6. The SMILES string of the molecule is O=C1CC(c2ccc(F)cc2)C(C(=O)O)CN1. The van der Waals surface area contributed by atoms with Gasteiger partial charge in [0.2, 0.25) is 5.91 Å². The Morgan fingerprint density at radius 3 is 2.59 bits per heavy atom. The molecule has 90 valence electrons. The molecule has 1 aliphatic rings. The van der Waals surface area contributed by atoms with Crippen LogP contribution >= 0.6 is 0 Å². The van der Waals surface area contributed by atoms with E-state index < -0.39 is 11.9 Å². The van der Waals surface area contributed by atoms with Gasteiger partial charge >= 0.3 is 5.97 Å². The van der Waals surface area contributed by atoms with E-state index in [2.05, 4.69) is 5.32 Å². The van der Waals surface area contributed by atoms with Gasteiger partial charge in [-0.2, -0.15) is 0 Å². The summed E-state index contributed by atoms with van der Waals surface area (Å²) in [7, 11) is 0. The predicted molar refractivity (Wildman–Crippen MR) is 57.9 cm³/mol. The summed E-state index contributed by atoms with van der Waals surface area (Å²) in [6.45, 7) is 0.121. The lowest BCUT2D eigenvalue weighted by molar-refractivity contribution is -0.144. The number of carboxylic acids is 1. The number of amides is 1. The van der Waals surface area contributed by atoms with Crippen molar-refractivity contribution in [1.29, 1.82) is 0 Å². The van der Waals surface area contributed by atoms with Crippen molar-refractivity contribution in [1.82, 2.24) is 5.32 Å². The third-order valence-electron chi connectivity index (χ3n) is 3.03. The molecule has 1 aromatic carbocycles. The average Bonchev–Trinajstić information content (AvgIpc) is 2.29. The molecule has 0 aromatic heterocycles. The Hall–Kier alpha value is -1.91. The molecule has 0 bridgehead atoms. The minimum absolute atomic E-state index is 0.121. The molecule has 1 aromatic rings. The van der Waals surface area contributed by atoms with E-state index in [1.807, 2.05) is 0 Å². The summed E-state index contributed by atoms with van der Waals surface area (Å²) in [6, 6.07) is 5.63. The first-order valence-electron chi connectivity index (χ1n) is 5.33. The van der Waals surface area contributed by atoms with Crippen LogP contribution in [0.3, 0.4) is 0 Å². The molecule has 2 N–H and O–H groups in total. The van der Waals surface area contributed by atoms with Gasteiger partial charge in [0.1, 0.15) is 5.82 Å². The maximum Gasteiger partial charge on any atom is 0.308 e. The first-order chi connectivity index (χ1) is 8.08. The van der Waals surface area contributed by atoms with Crippen LogP contribution in [0.15, 0.2) is 24.3 Å². The second-order valence-electron chi connectivity index (χ2n) is 4.11. The molecular formula is C12H12FNO3. The normalized spacial score (nSPS) is 24.2.